The van der Waals surface area contributed by atoms with Crippen LogP contribution >= 0.6 is 0 Å². The maximum atomic E-state index is 12.2. The van der Waals surface area contributed by atoms with Crippen molar-refractivity contribution in [2.24, 2.45) is 0 Å². The van der Waals surface area contributed by atoms with Crippen molar-refractivity contribution in [3.8, 4) is 0 Å². The van der Waals surface area contributed by atoms with Gasteiger partial charge in [-0.25, -0.2) is 0 Å². The van der Waals surface area contributed by atoms with Gasteiger partial charge in [0.25, 0.3) is 0 Å². The molecule has 3 N–H and O–H groups in total. The molecule has 1 saturated carbocycles. The lowest BCUT2D eigenvalue weighted by Gasteiger charge is -2.39. The summed E-state index contributed by atoms with van der Waals surface area (Å²) in [5, 5.41) is 30.7. The highest BCUT2D eigenvalue weighted by atomic mass is 16.5. The van der Waals surface area contributed by atoms with E-state index in [1.807, 2.05) is 60.7 Å². The molecule has 0 radical (unpaired) electrons. The maximum Gasteiger partial charge on any atom is 0.195 e. The molecule has 26 heavy (non-hydrogen) atoms. The number of carbonyl (C=O) groups excluding carboxylic acids is 1. The van der Waals surface area contributed by atoms with Gasteiger partial charge in [-0.1, -0.05) is 60.7 Å². The molecule has 6 nitrogen and oxygen atoms in total. The summed E-state index contributed by atoms with van der Waals surface area (Å²) in [7, 11) is 0. The van der Waals surface area contributed by atoms with Crippen molar-refractivity contribution in [1.29, 1.82) is 0 Å². The first-order chi connectivity index (χ1) is 12.6. The number of Topliss-reactive ketones (excluding diaryl/α,β-unsaturated/α-hetero) is 1. The van der Waals surface area contributed by atoms with Crippen molar-refractivity contribution in [2.75, 3.05) is 0 Å². The molecule has 0 unspecified atom stereocenters. The first-order valence-electron chi connectivity index (χ1n) is 8.47. The number of hydrogen-bond donors (Lipinski definition) is 3. The van der Waals surface area contributed by atoms with Crippen LogP contribution in [0.25, 0.3) is 0 Å². The van der Waals surface area contributed by atoms with Crippen LogP contribution in [0, 0.1) is 0 Å². The lowest BCUT2D eigenvalue weighted by Crippen LogP contribution is -2.63. The molecule has 0 bridgehead atoms. The highest BCUT2D eigenvalue weighted by Crippen LogP contribution is 2.25. The van der Waals surface area contributed by atoms with Crippen molar-refractivity contribution in [3.05, 3.63) is 71.8 Å². The number of aliphatic hydroxyl groups is 3. The second kappa shape index (κ2) is 8.53. The number of carbonyl (C=O) groups is 1. The van der Waals surface area contributed by atoms with Crippen LogP contribution < -0.4 is 0 Å². The van der Waals surface area contributed by atoms with E-state index in [-0.39, 0.29) is 13.2 Å². The fraction of sp³-hybridized carbons (Fsp3) is 0.350. The van der Waals surface area contributed by atoms with E-state index in [0.717, 1.165) is 11.1 Å². The summed E-state index contributed by atoms with van der Waals surface area (Å²) in [6.45, 7) is 0.231. The first kappa shape index (κ1) is 18.7. The Morgan fingerprint density at radius 3 is 1.77 bits per heavy atom. The van der Waals surface area contributed by atoms with Gasteiger partial charge in [0, 0.05) is 0 Å². The lowest BCUT2D eigenvalue weighted by atomic mass is 9.86. The number of benzene rings is 2. The average molecular weight is 358 g/mol. The molecule has 0 amide bonds. The molecule has 1 aliphatic carbocycles. The Kier molecular flexibility index (Phi) is 6.13. The van der Waals surface area contributed by atoms with Crippen molar-refractivity contribution in [3.63, 3.8) is 0 Å². The van der Waals surface area contributed by atoms with Crippen LogP contribution in [0.15, 0.2) is 60.7 Å². The molecule has 0 aliphatic heterocycles. The van der Waals surface area contributed by atoms with E-state index < -0.39 is 36.3 Å². The van der Waals surface area contributed by atoms with Gasteiger partial charge in [0.2, 0.25) is 0 Å². The Morgan fingerprint density at radius 1 is 0.731 bits per heavy atom. The Bertz CT molecular complexity index is 705. The maximum absolute atomic E-state index is 12.2. The number of hydrogen-bond acceptors (Lipinski definition) is 6. The van der Waals surface area contributed by atoms with Crippen LogP contribution in [0.3, 0.4) is 0 Å². The topological polar surface area (TPSA) is 96.2 Å². The third-order valence-electron chi connectivity index (χ3n) is 4.44. The molecule has 6 heteroatoms. The SMILES string of the molecule is O=C1[C@@H](OCc2ccccc2)[C@@H](O)[C@@H](OCc2ccccc2)[C@@H](O)[C@H]1O. The molecule has 2 aromatic rings. The minimum absolute atomic E-state index is 0.0997. The fourth-order valence-corrected chi connectivity index (χ4v) is 2.96. The zero-order valence-corrected chi connectivity index (χ0v) is 14.1. The Morgan fingerprint density at radius 2 is 1.23 bits per heavy atom. The summed E-state index contributed by atoms with van der Waals surface area (Å²) >= 11 is 0. The van der Waals surface area contributed by atoms with Crippen LogP contribution in [0.5, 0.6) is 0 Å². The number of rotatable bonds is 6. The van der Waals surface area contributed by atoms with Gasteiger partial charge in [-0.2, -0.15) is 0 Å². The van der Waals surface area contributed by atoms with Crippen LogP contribution in [-0.2, 0) is 27.5 Å². The van der Waals surface area contributed by atoms with Crippen molar-refractivity contribution < 1.29 is 29.6 Å². The van der Waals surface area contributed by atoms with E-state index >= 15 is 0 Å². The van der Waals surface area contributed by atoms with Gasteiger partial charge in [-0.3, -0.25) is 4.79 Å². The van der Waals surface area contributed by atoms with Crippen molar-refractivity contribution in [2.45, 2.75) is 43.7 Å². The second-order valence-corrected chi connectivity index (χ2v) is 6.31. The third-order valence-corrected chi connectivity index (χ3v) is 4.44. The summed E-state index contributed by atoms with van der Waals surface area (Å²) in [6, 6.07) is 18.4. The highest BCUT2D eigenvalue weighted by molar-refractivity contribution is 5.89. The lowest BCUT2D eigenvalue weighted by molar-refractivity contribution is -0.207. The molecular weight excluding hydrogens is 336 g/mol. The average Bonchev–Trinajstić information content (AvgIpc) is 2.68. The van der Waals surface area contributed by atoms with Crippen LogP contribution in [0.4, 0.5) is 0 Å². The van der Waals surface area contributed by atoms with E-state index in [2.05, 4.69) is 0 Å². The fourth-order valence-electron chi connectivity index (χ4n) is 2.96. The zero-order chi connectivity index (χ0) is 18.5. The Hall–Kier alpha value is -2.09. The van der Waals surface area contributed by atoms with E-state index in [4.69, 9.17) is 9.47 Å². The normalized spacial score (nSPS) is 28.9. The van der Waals surface area contributed by atoms with Gasteiger partial charge < -0.3 is 24.8 Å². The van der Waals surface area contributed by atoms with E-state index in [0.29, 0.717) is 0 Å². The van der Waals surface area contributed by atoms with Gasteiger partial charge in [-0.15, -0.1) is 0 Å². The predicted octanol–water partition coefficient (Wildman–Crippen LogP) is 0.823. The summed E-state index contributed by atoms with van der Waals surface area (Å²) in [5.41, 5.74) is 1.68. The molecule has 3 rings (SSSR count). The summed E-state index contributed by atoms with van der Waals surface area (Å²) in [5.74, 6) is -0.750. The third kappa shape index (κ3) is 4.17. The highest BCUT2D eigenvalue weighted by Gasteiger charge is 2.50. The molecular formula is C20H22O6. The molecule has 1 aliphatic rings. The molecule has 0 saturated heterocycles. The molecule has 0 heterocycles. The molecule has 0 spiro atoms. The molecule has 0 aromatic heterocycles. The van der Waals surface area contributed by atoms with Crippen LogP contribution in [0.2, 0.25) is 0 Å². The van der Waals surface area contributed by atoms with Gasteiger partial charge in [-0.05, 0) is 11.1 Å². The number of aliphatic hydroxyl groups excluding tert-OH is 3. The van der Waals surface area contributed by atoms with Gasteiger partial charge in [0.1, 0.15) is 30.5 Å². The Labute approximate surface area is 151 Å². The first-order valence-corrected chi connectivity index (χ1v) is 8.47. The molecule has 5 atom stereocenters. The largest absolute Gasteiger partial charge is 0.387 e. The van der Waals surface area contributed by atoms with E-state index in [9.17, 15) is 20.1 Å². The molecule has 1 fully saturated rings. The summed E-state index contributed by atoms with van der Waals surface area (Å²) < 4.78 is 11.1. The predicted molar refractivity (Wildman–Crippen MR) is 93.1 cm³/mol. The van der Waals surface area contributed by atoms with Crippen molar-refractivity contribution in [1.82, 2.24) is 0 Å². The summed E-state index contributed by atoms with van der Waals surface area (Å²) in [6.07, 6.45) is -6.97. The number of ketones is 1. The van der Waals surface area contributed by atoms with Crippen LogP contribution in [-0.4, -0.2) is 51.6 Å². The van der Waals surface area contributed by atoms with Crippen LogP contribution in [0.1, 0.15) is 11.1 Å². The number of ether oxygens (including phenoxy) is 2. The van der Waals surface area contributed by atoms with E-state index in [1.165, 1.54) is 0 Å². The monoisotopic (exact) mass is 358 g/mol. The minimum Gasteiger partial charge on any atom is -0.387 e. The zero-order valence-electron chi connectivity index (χ0n) is 14.1. The van der Waals surface area contributed by atoms with Crippen molar-refractivity contribution >= 4 is 5.78 Å². The minimum atomic E-state index is -1.67. The standard InChI is InChI=1S/C20H22O6/c21-15-16(22)19(25-11-13-7-3-1-4-8-13)18(24)20(17(15)23)26-12-14-9-5-2-6-10-14/h1-10,15-16,18-22,24H,11-12H2/t15-,16+,18+,19+,20-/m1/s1. The second-order valence-electron chi connectivity index (χ2n) is 6.31. The van der Waals surface area contributed by atoms with Gasteiger partial charge >= 0.3 is 0 Å². The van der Waals surface area contributed by atoms with Gasteiger partial charge in [0.15, 0.2) is 5.78 Å². The Balaban J connectivity index is 1.67. The molecule has 138 valence electrons. The van der Waals surface area contributed by atoms with Gasteiger partial charge in [0.05, 0.1) is 13.2 Å². The quantitative estimate of drug-likeness (QED) is 0.708. The molecule has 2 aromatic carbocycles. The van der Waals surface area contributed by atoms with E-state index in [1.54, 1.807) is 0 Å². The summed E-state index contributed by atoms with van der Waals surface area (Å²) in [4.78, 5) is 12.2. The smallest absolute Gasteiger partial charge is 0.195 e.